The van der Waals surface area contributed by atoms with Crippen LogP contribution in [0.4, 0.5) is 0 Å². The van der Waals surface area contributed by atoms with Crippen LogP contribution in [-0.4, -0.2) is 27.4 Å². The summed E-state index contributed by atoms with van der Waals surface area (Å²) in [7, 11) is 0. The lowest BCUT2D eigenvalue weighted by molar-refractivity contribution is 0.380. The van der Waals surface area contributed by atoms with Gasteiger partial charge in [0.05, 0.1) is 24.5 Å². The first-order valence-electron chi connectivity index (χ1n) is 11.1. The average Bonchev–Trinajstić information content (AvgIpc) is 3.30. The highest BCUT2D eigenvalue weighted by Gasteiger charge is 2.14. The molecular formula is C24H34N6O. The van der Waals surface area contributed by atoms with Crippen LogP contribution in [0, 0.1) is 13.8 Å². The third kappa shape index (κ3) is 5.54. The molecule has 0 atom stereocenters. The van der Waals surface area contributed by atoms with Crippen molar-refractivity contribution in [2.24, 2.45) is 4.99 Å². The molecule has 0 unspecified atom stereocenters. The lowest BCUT2D eigenvalue weighted by atomic mass is 10.1. The van der Waals surface area contributed by atoms with E-state index in [1.54, 1.807) is 0 Å². The Hall–Kier alpha value is -3.09. The SMILES string of the molecule is CCNC(=NCc1c(CC)noc1CC)NCc1c(C)nn(Cc2ccccc2)c1C. The van der Waals surface area contributed by atoms with E-state index in [1.165, 1.54) is 16.8 Å². The van der Waals surface area contributed by atoms with Crippen LogP contribution in [0.5, 0.6) is 0 Å². The summed E-state index contributed by atoms with van der Waals surface area (Å²) >= 11 is 0. The third-order valence-electron chi connectivity index (χ3n) is 5.49. The number of hydrogen-bond donors (Lipinski definition) is 2. The molecule has 3 aromatic rings. The van der Waals surface area contributed by atoms with Crippen LogP contribution in [-0.2, 0) is 32.5 Å². The van der Waals surface area contributed by atoms with Crippen LogP contribution in [0.2, 0.25) is 0 Å². The molecule has 2 N–H and O–H groups in total. The minimum atomic E-state index is 0.552. The Morgan fingerprint density at radius 3 is 2.48 bits per heavy atom. The van der Waals surface area contributed by atoms with Gasteiger partial charge >= 0.3 is 0 Å². The standard InChI is InChI=1S/C24H34N6O/c1-6-22-21(23(7-2)31-29-22)15-27-24(25-8-3)26-14-20-17(4)28-30(18(20)5)16-19-12-10-9-11-13-19/h9-13H,6-8,14-16H2,1-5H3,(H2,25,26,27). The number of aryl methyl sites for hydroxylation is 3. The van der Waals surface area contributed by atoms with Gasteiger partial charge in [-0.15, -0.1) is 0 Å². The zero-order valence-corrected chi connectivity index (χ0v) is 19.3. The second-order valence-electron chi connectivity index (χ2n) is 7.58. The second-order valence-corrected chi connectivity index (χ2v) is 7.58. The van der Waals surface area contributed by atoms with Crippen LogP contribution in [0.15, 0.2) is 39.8 Å². The van der Waals surface area contributed by atoms with Gasteiger partial charge in [-0.05, 0) is 32.8 Å². The summed E-state index contributed by atoms with van der Waals surface area (Å²) in [6, 6.07) is 10.4. The molecule has 0 aliphatic carbocycles. The van der Waals surface area contributed by atoms with Gasteiger partial charge in [-0.2, -0.15) is 5.10 Å². The first-order valence-corrected chi connectivity index (χ1v) is 11.1. The van der Waals surface area contributed by atoms with E-state index in [-0.39, 0.29) is 0 Å². The van der Waals surface area contributed by atoms with Gasteiger partial charge in [0.1, 0.15) is 5.76 Å². The molecule has 0 radical (unpaired) electrons. The van der Waals surface area contributed by atoms with Gasteiger partial charge in [-0.25, -0.2) is 4.99 Å². The van der Waals surface area contributed by atoms with E-state index in [9.17, 15) is 0 Å². The molecule has 0 aliphatic heterocycles. The number of aliphatic imine (C=N–C) groups is 1. The van der Waals surface area contributed by atoms with Gasteiger partial charge in [0.2, 0.25) is 0 Å². The van der Waals surface area contributed by atoms with Crippen molar-refractivity contribution in [2.45, 2.75) is 67.1 Å². The van der Waals surface area contributed by atoms with Crippen LogP contribution in [0.25, 0.3) is 0 Å². The maximum atomic E-state index is 5.47. The Morgan fingerprint density at radius 1 is 1.03 bits per heavy atom. The van der Waals surface area contributed by atoms with Crippen molar-refractivity contribution in [1.82, 2.24) is 25.6 Å². The fraction of sp³-hybridized carbons (Fsp3) is 0.458. The van der Waals surface area contributed by atoms with E-state index >= 15 is 0 Å². The van der Waals surface area contributed by atoms with E-state index in [0.717, 1.165) is 54.6 Å². The summed E-state index contributed by atoms with van der Waals surface area (Å²) in [4.78, 5) is 4.79. The molecule has 0 fully saturated rings. The molecule has 2 aromatic heterocycles. The lowest BCUT2D eigenvalue weighted by Gasteiger charge is -2.12. The number of nitrogens with one attached hydrogen (secondary N) is 2. The fourth-order valence-electron chi connectivity index (χ4n) is 3.69. The lowest BCUT2D eigenvalue weighted by Crippen LogP contribution is -2.37. The highest BCUT2D eigenvalue weighted by molar-refractivity contribution is 5.79. The largest absolute Gasteiger partial charge is 0.361 e. The van der Waals surface area contributed by atoms with Gasteiger partial charge < -0.3 is 15.2 Å². The molecule has 0 saturated heterocycles. The highest BCUT2D eigenvalue weighted by Crippen LogP contribution is 2.17. The Bertz CT molecular complexity index is 981. The summed E-state index contributed by atoms with van der Waals surface area (Å²) in [6.07, 6.45) is 1.66. The van der Waals surface area contributed by atoms with Gasteiger partial charge in [0.15, 0.2) is 5.96 Å². The quantitative estimate of drug-likeness (QED) is 0.404. The van der Waals surface area contributed by atoms with Crippen LogP contribution in [0.1, 0.15) is 60.3 Å². The maximum absolute atomic E-state index is 5.47. The molecule has 1 aromatic carbocycles. The molecule has 7 heteroatoms. The highest BCUT2D eigenvalue weighted by atomic mass is 16.5. The second kappa shape index (κ2) is 10.8. The van der Waals surface area contributed by atoms with Crippen LogP contribution < -0.4 is 10.6 Å². The Balaban J connectivity index is 1.72. The predicted octanol–water partition coefficient (Wildman–Crippen LogP) is 3.92. The summed E-state index contributed by atoms with van der Waals surface area (Å²) < 4.78 is 7.54. The van der Waals surface area contributed by atoms with Gasteiger partial charge in [-0.1, -0.05) is 49.3 Å². The molecule has 0 bridgehead atoms. The molecule has 2 heterocycles. The van der Waals surface area contributed by atoms with Crippen molar-refractivity contribution in [3.63, 3.8) is 0 Å². The number of rotatable bonds is 9. The van der Waals surface area contributed by atoms with Crippen LogP contribution >= 0.6 is 0 Å². The average molecular weight is 423 g/mol. The molecular weight excluding hydrogens is 388 g/mol. The number of benzene rings is 1. The topological polar surface area (TPSA) is 80.3 Å². The van der Waals surface area contributed by atoms with E-state index in [1.807, 2.05) is 6.07 Å². The van der Waals surface area contributed by atoms with Crippen molar-refractivity contribution in [3.8, 4) is 0 Å². The molecule has 0 amide bonds. The minimum Gasteiger partial charge on any atom is -0.361 e. The molecule has 166 valence electrons. The van der Waals surface area contributed by atoms with Crippen LogP contribution in [0.3, 0.4) is 0 Å². The fourth-order valence-corrected chi connectivity index (χ4v) is 3.69. The van der Waals surface area contributed by atoms with E-state index in [4.69, 9.17) is 14.6 Å². The Labute approximate surface area is 184 Å². The van der Waals surface area contributed by atoms with Gasteiger partial charge in [0, 0.05) is 36.3 Å². The van der Waals surface area contributed by atoms with Crippen molar-refractivity contribution in [3.05, 3.63) is 69.9 Å². The molecule has 31 heavy (non-hydrogen) atoms. The number of guanidine groups is 1. The van der Waals surface area contributed by atoms with Crippen molar-refractivity contribution >= 4 is 5.96 Å². The van der Waals surface area contributed by atoms with Crippen molar-refractivity contribution in [1.29, 1.82) is 0 Å². The first kappa shape index (κ1) is 22.6. The molecule has 3 rings (SSSR count). The van der Waals surface area contributed by atoms with E-state index < -0.39 is 0 Å². The van der Waals surface area contributed by atoms with Crippen molar-refractivity contribution in [2.75, 3.05) is 6.54 Å². The number of nitrogens with zero attached hydrogens (tertiary/aromatic N) is 4. The molecule has 0 saturated carbocycles. The minimum absolute atomic E-state index is 0.552. The predicted molar refractivity (Wildman–Crippen MR) is 124 cm³/mol. The molecule has 7 nitrogen and oxygen atoms in total. The first-order chi connectivity index (χ1) is 15.1. The normalized spacial score (nSPS) is 11.7. The summed E-state index contributed by atoms with van der Waals surface area (Å²) in [5, 5.41) is 15.7. The molecule has 0 aliphatic rings. The number of aromatic nitrogens is 3. The number of hydrogen-bond acceptors (Lipinski definition) is 4. The zero-order chi connectivity index (χ0) is 22.2. The Morgan fingerprint density at radius 2 is 1.81 bits per heavy atom. The summed E-state index contributed by atoms with van der Waals surface area (Å²) in [6.45, 7) is 13.2. The summed E-state index contributed by atoms with van der Waals surface area (Å²) in [5.74, 6) is 1.70. The third-order valence-corrected chi connectivity index (χ3v) is 5.49. The Kier molecular flexibility index (Phi) is 7.87. The van der Waals surface area contributed by atoms with E-state index in [0.29, 0.717) is 13.1 Å². The van der Waals surface area contributed by atoms with Gasteiger partial charge in [-0.3, -0.25) is 4.68 Å². The van der Waals surface area contributed by atoms with E-state index in [2.05, 4.69) is 79.4 Å². The summed E-state index contributed by atoms with van der Waals surface area (Å²) in [5.41, 5.74) is 6.75. The smallest absolute Gasteiger partial charge is 0.191 e. The molecule has 0 spiro atoms. The van der Waals surface area contributed by atoms with Crippen molar-refractivity contribution < 1.29 is 4.52 Å². The maximum Gasteiger partial charge on any atom is 0.191 e. The zero-order valence-electron chi connectivity index (χ0n) is 19.3. The van der Waals surface area contributed by atoms with Gasteiger partial charge in [0.25, 0.3) is 0 Å². The monoisotopic (exact) mass is 422 g/mol.